The van der Waals surface area contributed by atoms with Crippen molar-refractivity contribution in [2.24, 2.45) is 0 Å². The molecule has 1 heterocycles. The molecule has 29 heavy (non-hydrogen) atoms. The van der Waals surface area contributed by atoms with Gasteiger partial charge in [-0.1, -0.05) is 17.7 Å². The average Bonchev–Trinajstić information content (AvgIpc) is 2.73. The summed E-state index contributed by atoms with van der Waals surface area (Å²) in [5.74, 6) is -0.109. The maximum Gasteiger partial charge on any atom is 0.265 e. The van der Waals surface area contributed by atoms with Crippen LogP contribution in [0.3, 0.4) is 0 Å². The Morgan fingerprint density at radius 2 is 1.83 bits per heavy atom. The zero-order chi connectivity index (χ0) is 20.9. The minimum atomic E-state index is -4.04. The molecule has 1 aromatic heterocycles. The SMILES string of the molecule is COc1cc(C(=O)NS(=O)(=O)c2ccc(Cl)cc2)ccc1OCc1ccccn1. The molecule has 3 rings (SSSR count). The first-order valence-electron chi connectivity index (χ1n) is 8.42. The van der Waals surface area contributed by atoms with E-state index in [4.69, 9.17) is 21.1 Å². The predicted molar refractivity (Wildman–Crippen MR) is 108 cm³/mol. The van der Waals surface area contributed by atoms with Crippen molar-refractivity contribution in [3.8, 4) is 11.5 Å². The molecule has 7 nitrogen and oxygen atoms in total. The molecule has 0 unspecified atom stereocenters. The number of rotatable bonds is 7. The highest BCUT2D eigenvalue weighted by Gasteiger charge is 2.20. The number of carbonyl (C=O) groups is 1. The third-order valence-corrected chi connectivity index (χ3v) is 5.48. The molecule has 1 N–H and O–H groups in total. The highest BCUT2D eigenvalue weighted by Crippen LogP contribution is 2.29. The van der Waals surface area contributed by atoms with E-state index in [1.807, 2.05) is 16.9 Å². The minimum absolute atomic E-state index is 0.0717. The number of ether oxygens (including phenoxy) is 2. The summed E-state index contributed by atoms with van der Waals surface area (Å²) < 4.78 is 37.7. The van der Waals surface area contributed by atoms with E-state index < -0.39 is 15.9 Å². The van der Waals surface area contributed by atoms with Crippen LogP contribution in [-0.2, 0) is 16.6 Å². The van der Waals surface area contributed by atoms with Crippen LogP contribution in [-0.4, -0.2) is 26.4 Å². The molecule has 1 amide bonds. The Balaban J connectivity index is 1.74. The minimum Gasteiger partial charge on any atom is -0.493 e. The van der Waals surface area contributed by atoms with Crippen molar-refractivity contribution >= 4 is 27.5 Å². The van der Waals surface area contributed by atoms with Gasteiger partial charge in [-0.15, -0.1) is 0 Å². The van der Waals surface area contributed by atoms with E-state index in [-0.39, 0.29) is 22.8 Å². The predicted octanol–water partition coefficient (Wildman–Crippen LogP) is 3.44. The Morgan fingerprint density at radius 1 is 1.07 bits per heavy atom. The summed E-state index contributed by atoms with van der Waals surface area (Å²) in [6.07, 6.45) is 1.66. The zero-order valence-electron chi connectivity index (χ0n) is 15.3. The lowest BCUT2D eigenvalue weighted by molar-refractivity contribution is 0.0981. The Kier molecular flexibility index (Phi) is 6.36. The maximum absolute atomic E-state index is 12.4. The van der Waals surface area contributed by atoms with E-state index in [1.54, 1.807) is 12.3 Å². The van der Waals surface area contributed by atoms with Crippen molar-refractivity contribution in [1.29, 1.82) is 0 Å². The van der Waals surface area contributed by atoms with Crippen molar-refractivity contribution in [3.05, 3.63) is 83.1 Å². The number of hydrogen-bond donors (Lipinski definition) is 1. The number of nitrogens with one attached hydrogen (secondary N) is 1. The van der Waals surface area contributed by atoms with Crippen molar-refractivity contribution in [2.45, 2.75) is 11.5 Å². The molecule has 0 aliphatic rings. The molecular weight excluding hydrogens is 416 g/mol. The molecule has 2 aromatic carbocycles. The van der Waals surface area contributed by atoms with Gasteiger partial charge in [0.05, 0.1) is 17.7 Å². The molecule has 0 saturated heterocycles. The number of halogens is 1. The largest absolute Gasteiger partial charge is 0.493 e. The molecule has 0 spiro atoms. The van der Waals surface area contributed by atoms with Crippen molar-refractivity contribution in [1.82, 2.24) is 9.71 Å². The topological polar surface area (TPSA) is 94.6 Å². The third kappa shape index (κ3) is 5.24. The highest BCUT2D eigenvalue weighted by atomic mass is 35.5. The number of hydrogen-bond acceptors (Lipinski definition) is 6. The number of methoxy groups -OCH3 is 1. The fourth-order valence-corrected chi connectivity index (χ4v) is 3.52. The van der Waals surface area contributed by atoms with Crippen LogP contribution in [0.4, 0.5) is 0 Å². The molecule has 0 fully saturated rings. The fourth-order valence-electron chi connectivity index (χ4n) is 2.42. The molecule has 0 aliphatic carbocycles. The van der Waals surface area contributed by atoms with Gasteiger partial charge in [0.15, 0.2) is 11.5 Å². The van der Waals surface area contributed by atoms with Crippen LogP contribution in [0.15, 0.2) is 71.8 Å². The van der Waals surface area contributed by atoms with Gasteiger partial charge in [-0.05, 0) is 54.6 Å². The second-order valence-corrected chi connectivity index (χ2v) is 7.98. The number of nitrogens with zero attached hydrogens (tertiary/aromatic N) is 1. The summed E-state index contributed by atoms with van der Waals surface area (Å²) in [5, 5.41) is 0.390. The molecule has 0 bridgehead atoms. The molecule has 3 aromatic rings. The van der Waals surface area contributed by atoms with Crippen LogP contribution < -0.4 is 14.2 Å². The van der Waals surface area contributed by atoms with Crippen LogP contribution in [0.2, 0.25) is 5.02 Å². The second-order valence-electron chi connectivity index (χ2n) is 5.86. The van der Waals surface area contributed by atoms with E-state index in [1.165, 1.54) is 49.6 Å². The Bertz CT molecular complexity index is 1100. The Labute approximate surface area is 173 Å². The fraction of sp³-hybridized carbons (Fsp3) is 0.100. The summed E-state index contributed by atoms with van der Waals surface area (Å²) in [6, 6.07) is 15.3. The van der Waals surface area contributed by atoms with Gasteiger partial charge in [0.1, 0.15) is 6.61 Å². The first-order chi connectivity index (χ1) is 13.9. The smallest absolute Gasteiger partial charge is 0.265 e. The second kappa shape index (κ2) is 8.93. The van der Waals surface area contributed by atoms with Crippen LogP contribution in [0.1, 0.15) is 16.1 Å². The monoisotopic (exact) mass is 432 g/mol. The molecule has 0 saturated carbocycles. The van der Waals surface area contributed by atoms with Gasteiger partial charge in [-0.25, -0.2) is 13.1 Å². The first kappa shape index (κ1) is 20.6. The third-order valence-electron chi connectivity index (χ3n) is 3.88. The van der Waals surface area contributed by atoms with E-state index in [0.717, 1.165) is 5.69 Å². The number of aromatic nitrogens is 1. The lowest BCUT2D eigenvalue weighted by Crippen LogP contribution is -2.30. The summed E-state index contributed by atoms with van der Waals surface area (Å²) in [5.41, 5.74) is 0.829. The van der Waals surface area contributed by atoms with Gasteiger partial charge < -0.3 is 9.47 Å². The van der Waals surface area contributed by atoms with Crippen molar-refractivity contribution < 1.29 is 22.7 Å². The lowest BCUT2D eigenvalue weighted by Gasteiger charge is -2.12. The molecule has 0 radical (unpaired) electrons. The maximum atomic E-state index is 12.4. The van der Waals surface area contributed by atoms with Crippen LogP contribution >= 0.6 is 11.6 Å². The average molecular weight is 433 g/mol. The van der Waals surface area contributed by atoms with Crippen molar-refractivity contribution in [2.75, 3.05) is 7.11 Å². The molecule has 0 atom stereocenters. The van der Waals surface area contributed by atoms with Crippen LogP contribution in [0, 0.1) is 0 Å². The number of benzene rings is 2. The number of amides is 1. The number of pyridine rings is 1. The van der Waals surface area contributed by atoms with E-state index in [2.05, 4.69) is 4.98 Å². The van der Waals surface area contributed by atoms with Crippen LogP contribution in [0.5, 0.6) is 11.5 Å². The summed E-state index contributed by atoms with van der Waals surface area (Å²) in [6.45, 7) is 0.216. The van der Waals surface area contributed by atoms with Crippen LogP contribution in [0.25, 0.3) is 0 Å². The standard InChI is InChI=1S/C20H17ClN2O5S/c1-27-19-12-14(5-10-18(19)28-13-16-4-2-3-11-22-16)20(24)23-29(25,26)17-8-6-15(21)7-9-17/h2-12H,13H2,1H3,(H,23,24). The van der Waals surface area contributed by atoms with Gasteiger partial charge in [0, 0.05) is 16.8 Å². The number of sulfonamides is 1. The first-order valence-corrected chi connectivity index (χ1v) is 10.3. The normalized spacial score (nSPS) is 11.0. The zero-order valence-corrected chi connectivity index (χ0v) is 16.9. The molecular formula is C20H17ClN2O5S. The summed E-state index contributed by atoms with van der Waals surface area (Å²) in [4.78, 5) is 16.5. The van der Waals surface area contributed by atoms with Gasteiger partial charge in [-0.2, -0.15) is 0 Å². The van der Waals surface area contributed by atoms with Gasteiger partial charge >= 0.3 is 0 Å². The summed E-state index contributed by atoms with van der Waals surface area (Å²) in [7, 11) is -2.61. The highest BCUT2D eigenvalue weighted by molar-refractivity contribution is 7.90. The summed E-state index contributed by atoms with van der Waals surface area (Å²) >= 11 is 5.76. The molecule has 9 heteroatoms. The lowest BCUT2D eigenvalue weighted by atomic mass is 10.2. The van der Waals surface area contributed by atoms with E-state index in [0.29, 0.717) is 10.8 Å². The van der Waals surface area contributed by atoms with Gasteiger partial charge in [-0.3, -0.25) is 9.78 Å². The van der Waals surface area contributed by atoms with E-state index in [9.17, 15) is 13.2 Å². The van der Waals surface area contributed by atoms with Gasteiger partial charge in [0.2, 0.25) is 0 Å². The van der Waals surface area contributed by atoms with Crippen molar-refractivity contribution in [3.63, 3.8) is 0 Å². The quantitative estimate of drug-likeness (QED) is 0.614. The number of carbonyl (C=O) groups excluding carboxylic acids is 1. The Morgan fingerprint density at radius 3 is 2.48 bits per heavy atom. The molecule has 150 valence electrons. The van der Waals surface area contributed by atoms with E-state index >= 15 is 0 Å². The molecule has 0 aliphatic heterocycles. The Hall–Kier alpha value is -3.10. The van der Waals surface area contributed by atoms with Gasteiger partial charge in [0.25, 0.3) is 15.9 Å².